The Kier molecular flexibility index (Phi) is 10.1. The van der Waals surface area contributed by atoms with E-state index in [0.29, 0.717) is 17.6 Å². The van der Waals surface area contributed by atoms with Gasteiger partial charge < -0.3 is 0 Å². The van der Waals surface area contributed by atoms with E-state index < -0.39 is 0 Å². The van der Waals surface area contributed by atoms with E-state index in [2.05, 4.69) is 13.8 Å². The number of rotatable bonds is 14. The van der Waals surface area contributed by atoms with Crippen molar-refractivity contribution >= 4 is 5.78 Å². The van der Waals surface area contributed by atoms with Gasteiger partial charge in [0.05, 0.1) is 0 Å². The second kappa shape index (κ2) is 11.3. The molecule has 1 aliphatic rings. The lowest BCUT2D eigenvalue weighted by molar-refractivity contribution is -0.124. The van der Waals surface area contributed by atoms with Gasteiger partial charge in [0.2, 0.25) is 0 Å². The van der Waals surface area contributed by atoms with E-state index in [1.807, 2.05) is 0 Å². The summed E-state index contributed by atoms with van der Waals surface area (Å²) in [6.45, 7) is 4.52. The van der Waals surface area contributed by atoms with Gasteiger partial charge in [-0.2, -0.15) is 0 Å². The number of carbonyl (C=O) groups excluding carboxylic acids is 1. The summed E-state index contributed by atoms with van der Waals surface area (Å²) in [4.78, 5) is 12.3. The highest BCUT2D eigenvalue weighted by atomic mass is 16.1. The topological polar surface area (TPSA) is 17.1 Å². The molecule has 0 aromatic carbocycles. The Hall–Kier alpha value is -0.330. The molecule has 0 saturated heterocycles. The van der Waals surface area contributed by atoms with Gasteiger partial charge in [0, 0.05) is 11.8 Å². The summed E-state index contributed by atoms with van der Waals surface area (Å²) < 4.78 is 0. The fraction of sp³-hybridized carbons (Fsp3) is 0.947. The number of ketones is 1. The normalized spacial score (nSPS) is 14.9. The molecule has 1 nitrogen and oxygen atoms in total. The summed E-state index contributed by atoms with van der Waals surface area (Å²) in [5, 5.41) is 0. The van der Waals surface area contributed by atoms with Crippen molar-refractivity contribution in [3.05, 3.63) is 0 Å². The monoisotopic (exact) mass is 280 g/mol. The Bertz CT molecular complexity index is 228. The number of hydrogen-bond donors (Lipinski definition) is 0. The maximum Gasteiger partial charge on any atom is 0.139 e. The van der Waals surface area contributed by atoms with Crippen LogP contribution < -0.4 is 0 Å². The average molecular weight is 280 g/mol. The van der Waals surface area contributed by atoms with E-state index in [1.54, 1.807) is 0 Å². The van der Waals surface area contributed by atoms with Gasteiger partial charge in [-0.05, 0) is 25.7 Å². The summed E-state index contributed by atoms with van der Waals surface area (Å²) in [5.41, 5.74) is 0. The molecule has 0 heterocycles. The van der Waals surface area contributed by atoms with Gasteiger partial charge in [-0.25, -0.2) is 0 Å². The predicted octanol–water partition coefficient (Wildman–Crippen LogP) is 6.30. The molecular weight excluding hydrogens is 244 g/mol. The molecule has 0 aromatic heterocycles. The Balaban J connectivity index is 2.16. The Morgan fingerprint density at radius 2 is 1.25 bits per heavy atom. The molecule has 0 unspecified atom stereocenters. The first-order chi connectivity index (χ1) is 9.79. The molecule has 20 heavy (non-hydrogen) atoms. The summed E-state index contributed by atoms with van der Waals surface area (Å²) in [7, 11) is 0. The molecule has 1 aliphatic carbocycles. The lowest BCUT2D eigenvalue weighted by Gasteiger charge is -2.15. The molecule has 0 radical (unpaired) electrons. The minimum absolute atomic E-state index is 0.408. The van der Waals surface area contributed by atoms with Crippen LogP contribution in [0.4, 0.5) is 0 Å². The zero-order valence-corrected chi connectivity index (χ0v) is 14.0. The van der Waals surface area contributed by atoms with Gasteiger partial charge in [-0.1, -0.05) is 78.1 Å². The molecule has 1 fully saturated rings. The molecular formula is C19H36O. The van der Waals surface area contributed by atoms with Crippen LogP contribution in [0.3, 0.4) is 0 Å². The van der Waals surface area contributed by atoms with Crippen molar-refractivity contribution < 1.29 is 4.79 Å². The zero-order chi connectivity index (χ0) is 14.6. The molecule has 0 spiro atoms. The van der Waals surface area contributed by atoms with Crippen LogP contribution in [0.1, 0.15) is 104 Å². The van der Waals surface area contributed by atoms with Crippen molar-refractivity contribution in [2.75, 3.05) is 0 Å². The second-order valence-electron chi connectivity index (χ2n) is 6.78. The highest BCUT2D eigenvalue weighted by Gasteiger charge is 2.33. The molecule has 1 rings (SSSR count). The molecule has 0 aliphatic heterocycles. The van der Waals surface area contributed by atoms with Crippen molar-refractivity contribution in [2.45, 2.75) is 104 Å². The summed E-state index contributed by atoms with van der Waals surface area (Å²) in [5.74, 6) is 1.49. The molecule has 1 saturated carbocycles. The van der Waals surface area contributed by atoms with E-state index in [4.69, 9.17) is 0 Å². The standard InChI is InChI=1S/C19H36O/c1-3-5-7-9-11-13-17(19(20)18-15-16-18)14-12-10-8-6-4-2/h17-18H,3-16H2,1-2H3. The van der Waals surface area contributed by atoms with Crippen molar-refractivity contribution in [2.24, 2.45) is 11.8 Å². The second-order valence-corrected chi connectivity index (χ2v) is 6.78. The van der Waals surface area contributed by atoms with Gasteiger partial charge in [-0.3, -0.25) is 4.79 Å². The van der Waals surface area contributed by atoms with Gasteiger partial charge >= 0.3 is 0 Å². The maximum absolute atomic E-state index is 12.3. The van der Waals surface area contributed by atoms with E-state index in [1.165, 1.54) is 89.9 Å². The minimum Gasteiger partial charge on any atom is -0.299 e. The van der Waals surface area contributed by atoms with E-state index >= 15 is 0 Å². The van der Waals surface area contributed by atoms with Gasteiger partial charge in [0.25, 0.3) is 0 Å². The first kappa shape index (κ1) is 17.7. The third kappa shape index (κ3) is 8.07. The number of carbonyl (C=O) groups is 1. The van der Waals surface area contributed by atoms with Crippen LogP contribution in [0.15, 0.2) is 0 Å². The Morgan fingerprint density at radius 1 is 0.800 bits per heavy atom. The average Bonchev–Trinajstić information content (AvgIpc) is 3.28. The van der Waals surface area contributed by atoms with Crippen LogP contribution in [-0.2, 0) is 4.79 Å². The SMILES string of the molecule is CCCCCCCC(CCCCCCC)C(=O)C1CC1. The van der Waals surface area contributed by atoms with Crippen molar-refractivity contribution in [3.8, 4) is 0 Å². The van der Waals surface area contributed by atoms with Crippen LogP contribution >= 0.6 is 0 Å². The predicted molar refractivity (Wildman–Crippen MR) is 88.0 cm³/mol. The summed E-state index contributed by atoms with van der Waals surface area (Å²) in [6.07, 6.45) is 18.0. The lowest BCUT2D eigenvalue weighted by atomic mass is 9.89. The first-order valence-electron chi connectivity index (χ1n) is 9.33. The van der Waals surface area contributed by atoms with Gasteiger partial charge in [0.15, 0.2) is 0 Å². The van der Waals surface area contributed by atoms with Crippen LogP contribution in [-0.4, -0.2) is 5.78 Å². The highest BCUT2D eigenvalue weighted by molar-refractivity contribution is 5.85. The lowest BCUT2D eigenvalue weighted by Crippen LogP contribution is -2.16. The Labute approximate surface area is 126 Å². The molecule has 1 heteroatoms. The summed E-state index contributed by atoms with van der Waals surface area (Å²) >= 11 is 0. The third-order valence-electron chi connectivity index (χ3n) is 4.69. The Morgan fingerprint density at radius 3 is 1.65 bits per heavy atom. The van der Waals surface area contributed by atoms with E-state index in [0.717, 1.165) is 0 Å². The largest absolute Gasteiger partial charge is 0.299 e. The molecule has 0 amide bonds. The molecule has 0 N–H and O–H groups in total. The number of Topliss-reactive ketones (excluding diaryl/α,β-unsaturated/α-hetero) is 1. The maximum atomic E-state index is 12.3. The highest BCUT2D eigenvalue weighted by Crippen LogP contribution is 2.35. The van der Waals surface area contributed by atoms with Crippen molar-refractivity contribution in [1.29, 1.82) is 0 Å². The molecule has 118 valence electrons. The molecule has 0 aromatic rings. The number of unbranched alkanes of at least 4 members (excludes halogenated alkanes) is 8. The first-order valence-corrected chi connectivity index (χ1v) is 9.33. The third-order valence-corrected chi connectivity index (χ3v) is 4.69. The fourth-order valence-corrected chi connectivity index (χ4v) is 3.12. The van der Waals surface area contributed by atoms with Crippen LogP contribution in [0.25, 0.3) is 0 Å². The van der Waals surface area contributed by atoms with E-state index in [-0.39, 0.29) is 0 Å². The quantitative estimate of drug-likeness (QED) is 0.341. The van der Waals surface area contributed by atoms with Crippen molar-refractivity contribution in [3.63, 3.8) is 0 Å². The fourth-order valence-electron chi connectivity index (χ4n) is 3.12. The van der Waals surface area contributed by atoms with E-state index in [9.17, 15) is 4.79 Å². The minimum atomic E-state index is 0.408. The van der Waals surface area contributed by atoms with Crippen LogP contribution in [0.2, 0.25) is 0 Å². The molecule has 0 bridgehead atoms. The number of hydrogen-bond acceptors (Lipinski definition) is 1. The summed E-state index contributed by atoms with van der Waals surface area (Å²) in [6, 6.07) is 0. The smallest absolute Gasteiger partial charge is 0.139 e. The van der Waals surface area contributed by atoms with Crippen molar-refractivity contribution in [1.82, 2.24) is 0 Å². The zero-order valence-electron chi connectivity index (χ0n) is 14.0. The van der Waals surface area contributed by atoms with Crippen LogP contribution in [0.5, 0.6) is 0 Å². The molecule has 0 atom stereocenters. The van der Waals surface area contributed by atoms with Gasteiger partial charge in [0.1, 0.15) is 5.78 Å². The van der Waals surface area contributed by atoms with Gasteiger partial charge in [-0.15, -0.1) is 0 Å². The van der Waals surface area contributed by atoms with Crippen LogP contribution in [0, 0.1) is 11.8 Å².